The van der Waals surface area contributed by atoms with Gasteiger partial charge < -0.3 is 0 Å². The zero-order valence-corrected chi connectivity index (χ0v) is 22.3. The second kappa shape index (κ2) is 9.49. The maximum Gasteiger partial charge on any atom is 0.328 e. The molecule has 0 fully saturated rings. The Morgan fingerprint density at radius 3 is 2.32 bits per heavy atom. The lowest BCUT2D eigenvalue weighted by Gasteiger charge is -2.08. The first-order valence-corrected chi connectivity index (χ1v) is 13.5. The summed E-state index contributed by atoms with van der Waals surface area (Å²) in [6, 6.07) is 21.2. The number of fused-ring (bicyclic) bond motifs is 1. The van der Waals surface area contributed by atoms with Gasteiger partial charge >= 0.3 is 5.69 Å². The monoisotopic (exact) mass is 579 g/mol. The SMILES string of the molecule is Cn1c(=O)n(C)c2cc(S(=O)(=O)NC(=O)Cc3cn(-c4ccccc4)nc3-c3ccc(Br)cc3)ccc21. The predicted octanol–water partition coefficient (Wildman–Crippen LogP) is 3.54. The number of hydrogen-bond donors (Lipinski definition) is 1. The average Bonchev–Trinajstić information content (AvgIpc) is 3.39. The third kappa shape index (κ3) is 4.75. The highest BCUT2D eigenvalue weighted by Crippen LogP contribution is 2.26. The number of aryl methyl sites for hydroxylation is 2. The summed E-state index contributed by atoms with van der Waals surface area (Å²) >= 11 is 3.42. The van der Waals surface area contributed by atoms with Gasteiger partial charge in [-0.25, -0.2) is 22.6 Å². The number of amides is 1. The zero-order chi connectivity index (χ0) is 26.3. The minimum atomic E-state index is -4.18. The van der Waals surface area contributed by atoms with Gasteiger partial charge in [0.05, 0.1) is 33.7 Å². The third-order valence-corrected chi connectivity index (χ3v) is 7.98. The molecule has 188 valence electrons. The Kier molecular flexibility index (Phi) is 6.34. The number of imidazole rings is 1. The van der Waals surface area contributed by atoms with Crippen LogP contribution >= 0.6 is 15.9 Å². The van der Waals surface area contributed by atoms with E-state index in [1.807, 2.05) is 54.6 Å². The first-order chi connectivity index (χ1) is 17.6. The Labute approximate surface area is 221 Å². The Morgan fingerprint density at radius 2 is 1.62 bits per heavy atom. The predicted molar refractivity (Wildman–Crippen MR) is 144 cm³/mol. The normalized spacial score (nSPS) is 11.6. The van der Waals surface area contributed by atoms with Crippen LogP contribution in [0, 0.1) is 0 Å². The molecule has 0 bridgehead atoms. The molecule has 0 unspecified atom stereocenters. The number of rotatable bonds is 6. The van der Waals surface area contributed by atoms with Crippen LogP contribution in [0.15, 0.2) is 93.2 Å². The van der Waals surface area contributed by atoms with Crippen LogP contribution in [-0.2, 0) is 35.3 Å². The molecule has 37 heavy (non-hydrogen) atoms. The summed E-state index contributed by atoms with van der Waals surface area (Å²) in [4.78, 5) is 25.1. The van der Waals surface area contributed by atoms with Crippen molar-refractivity contribution in [1.29, 1.82) is 0 Å². The van der Waals surface area contributed by atoms with Gasteiger partial charge in [-0.2, -0.15) is 5.10 Å². The summed E-state index contributed by atoms with van der Waals surface area (Å²) < 4.78 is 33.6. The van der Waals surface area contributed by atoms with Crippen LogP contribution in [0.25, 0.3) is 28.0 Å². The lowest BCUT2D eigenvalue weighted by atomic mass is 10.1. The Hall–Kier alpha value is -3.96. The molecule has 0 saturated heterocycles. The second-order valence-electron chi connectivity index (χ2n) is 8.55. The fourth-order valence-corrected chi connectivity index (χ4v) is 5.44. The van der Waals surface area contributed by atoms with Gasteiger partial charge in [-0.05, 0) is 42.5 Å². The molecular weight excluding hydrogens is 558 g/mol. The molecule has 1 amide bonds. The van der Waals surface area contributed by atoms with Crippen molar-refractivity contribution in [1.82, 2.24) is 23.6 Å². The second-order valence-corrected chi connectivity index (χ2v) is 11.1. The van der Waals surface area contributed by atoms with Gasteiger partial charge in [-0.1, -0.05) is 46.3 Å². The van der Waals surface area contributed by atoms with E-state index < -0.39 is 15.9 Å². The molecule has 0 radical (unpaired) electrons. The molecule has 0 atom stereocenters. The maximum atomic E-state index is 13.0. The number of nitrogens with one attached hydrogen (secondary N) is 1. The summed E-state index contributed by atoms with van der Waals surface area (Å²) in [6.45, 7) is 0. The van der Waals surface area contributed by atoms with E-state index in [0.717, 1.165) is 15.7 Å². The third-order valence-electron chi connectivity index (χ3n) is 6.08. The topological polar surface area (TPSA) is 108 Å². The number of halogens is 1. The fraction of sp³-hybridized carbons (Fsp3) is 0.115. The molecule has 0 aliphatic carbocycles. The molecule has 0 aliphatic heterocycles. The van der Waals surface area contributed by atoms with Gasteiger partial charge in [-0.3, -0.25) is 13.9 Å². The molecule has 2 aromatic heterocycles. The van der Waals surface area contributed by atoms with Gasteiger partial charge in [0.25, 0.3) is 10.0 Å². The zero-order valence-electron chi connectivity index (χ0n) is 19.9. The van der Waals surface area contributed by atoms with Crippen molar-refractivity contribution < 1.29 is 13.2 Å². The molecule has 1 N–H and O–H groups in total. The summed E-state index contributed by atoms with van der Waals surface area (Å²) in [5.41, 5.74) is 3.50. The summed E-state index contributed by atoms with van der Waals surface area (Å²) in [5, 5.41) is 4.68. The molecule has 3 aromatic carbocycles. The first kappa shape index (κ1) is 24.7. The van der Waals surface area contributed by atoms with Crippen molar-refractivity contribution in [2.45, 2.75) is 11.3 Å². The smallest absolute Gasteiger partial charge is 0.295 e. The molecule has 0 spiro atoms. The van der Waals surface area contributed by atoms with E-state index in [2.05, 4.69) is 25.8 Å². The highest BCUT2D eigenvalue weighted by Gasteiger charge is 2.22. The number of aromatic nitrogens is 4. The first-order valence-electron chi connectivity index (χ1n) is 11.2. The number of para-hydroxylation sites is 1. The van der Waals surface area contributed by atoms with Crippen molar-refractivity contribution in [3.05, 3.63) is 99.5 Å². The van der Waals surface area contributed by atoms with Gasteiger partial charge in [0.1, 0.15) is 0 Å². The largest absolute Gasteiger partial charge is 0.328 e. The molecule has 5 rings (SSSR count). The van der Waals surface area contributed by atoms with E-state index in [1.54, 1.807) is 31.0 Å². The van der Waals surface area contributed by atoms with Crippen molar-refractivity contribution >= 4 is 42.9 Å². The highest BCUT2D eigenvalue weighted by atomic mass is 79.9. The van der Waals surface area contributed by atoms with E-state index >= 15 is 0 Å². The molecule has 2 heterocycles. The summed E-state index contributed by atoms with van der Waals surface area (Å²) in [5.74, 6) is -0.701. The number of benzene rings is 3. The van der Waals surface area contributed by atoms with Crippen LogP contribution in [0.1, 0.15) is 5.56 Å². The van der Waals surface area contributed by atoms with Crippen LogP contribution in [0.2, 0.25) is 0 Å². The van der Waals surface area contributed by atoms with E-state index in [0.29, 0.717) is 22.3 Å². The van der Waals surface area contributed by atoms with Crippen LogP contribution < -0.4 is 10.4 Å². The number of nitrogens with zero attached hydrogens (tertiary/aromatic N) is 4. The standard InChI is InChI=1S/C26H22BrN5O4S/c1-30-22-13-12-21(15-23(22)31(2)26(30)34)37(35,36)29-24(33)14-18-16-32(20-6-4-3-5-7-20)28-25(18)17-8-10-19(27)11-9-17/h3-13,15-16H,14H2,1-2H3,(H,29,33). The Bertz CT molecular complexity index is 1800. The lowest BCUT2D eigenvalue weighted by Crippen LogP contribution is -2.31. The minimum absolute atomic E-state index is 0.109. The van der Waals surface area contributed by atoms with Crippen LogP contribution in [0.4, 0.5) is 0 Å². The quantitative estimate of drug-likeness (QED) is 0.331. The van der Waals surface area contributed by atoms with E-state index in [9.17, 15) is 18.0 Å². The number of carbonyl (C=O) groups excluding carboxylic acids is 1. The Balaban J connectivity index is 1.46. The fourth-order valence-electron chi connectivity index (χ4n) is 4.17. The lowest BCUT2D eigenvalue weighted by molar-refractivity contribution is -0.118. The van der Waals surface area contributed by atoms with E-state index in [1.165, 1.54) is 21.3 Å². The summed E-state index contributed by atoms with van der Waals surface area (Å²) in [7, 11) is -1.00. The van der Waals surface area contributed by atoms with Crippen LogP contribution in [0.5, 0.6) is 0 Å². The van der Waals surface area contributed by atoms with E-state index in [-0.39, 0.29) is 17.0 Å². The molecular formula is C26H22BrN5O4S. The van der Waals surface area contributed by atoms with Crippen molar-refractivity contribution in [2.75, 3.05) is 0 Å². The van der Waals surface area contributed by atoms with Gasteiger partial charge in [0.2, 0.25) is 5.91 Å². The molecule has 0 aliphatic rings. The minimum Gasteiger partial charge on any atom is -0.295 e. The maximum absolute atomic E-state index is 13.0. The number of carbonyl (C=O) groups is 1. The van der Waals surface area contributed by atoms with Gasteiger partial charge in [0, 0.05) is 35.9 Å². The molecule has 11 heteroatoms. The van der Waals surface area contributed by atoms with Crippen molar-refractivity contribution in [2.24, 2.45) is 14.1 Å². The van der Waals surface area contributed by atoms with Crippen LogP contribution in [0.3, 0.4) is 0 Å². The molecule has 0 saturated carbocycles. The van der Waals surface area contributed by atoms with Gasteiger partial charge in [-0.15, -0.1) is 0 Å². The molecule has 5 aromatic rings. The number of sulfonamides is 1. The van der Waals surface area contributed by atoms with Gasteiger partial charge in [0.15, 0.2) is 0 Å². The van der Waals surface area contributed by atoms with Crippen LogP contribution in [-0.4, -0.2) is 33.2 Å². The van der Waals surface area contributed by atoms with Crippen molar-refractivity contribution in [3.63, 3.8) is 0 Å². The highest BCUT2D eigenvalue weighted by molar-refractivity contribution is 9.10. The Morgan fingerprint density at radius 1 is 0.946 bits per heavy atom. The average molecular weight is 580 g/mol. The van der Waals surface area contributed by atoms with E-state index in [4.69, 9.17) is 0 Å². The molecule has 9 nitrogen and oxygen atoms in total. The van der Waals surface area contributed by atoms with Crippen molar-refractivity contribution in [3.8, 4) is 16.9 Å². The summed E-state index contributed by atoms with van der Waals surface area (Å²) in [6.07, 6.45) is 1.52. The number of hydrogen-bond acceptors (Lipinski definition) is 5.